The van der Waals surface area contributed by atoms with Crippen LogP contribution in [0.5, 0.6) is 0 Å². The van der Waals surface area contributed by atoms with Crippen molar-refractivity contribution in [3.63, 3.8) is 0 Å². The molecule has 0 N–H and O–H groups in total. The summed E-state index contributed by atoms with van der Waals surface area (Å²) in [5.74, 6) is 0.767. The molecule has 0 bridgehead atoms. The highest BCUT2D eigenvalue weighted by molar-refractivity contribution is 6.40. The van der Waals surface area contributed by atoms with Gasteiger partial charge in [0.1, 0.15) is 0 Å². The molecule has 76 valence electrons. The van der Waals surface area contributed by atoms with Gasteiger partial charge in [-0.1, -0.05) is 23.8 Å². The Bertz CT molecular complexity index is 183. The third kappa shape index (κ3) is 6.17. The first-order valence-electron chi connectivity index (χ1n) is 4.54. The van der Waals surface area contributed by atoms with Crippen LogP contribution in [0.1, 0.15) is 33.1 Å². The Morgan fingerprint density at radius 3 is 2.46 bits per heavy atom. The summed E-state index contributed by atoms with van der Waals surface area (Å²) >= 11 is 9.53. The molecule has 1 rings (SSSR count). The molecule has 1 aliphatic rings. The van der Waals surface area contributed by atoms with Gasteiger partial charge in [0.15, 0.2) is 0 Å². The zero-order valence-corrected chi connectivity index (χ0v) is 9.96. The van der Waals surface area contributed by atoms with Gasteiger partial charge in [0.25, 0.3) is 0 Å². The maximum Gasteiger partial charge on any atom is 0.0967 e. The minimum atomic E-state index is 0.194. The molecule has 0 spiro atoms. The smallest absolute Gasteiger partial charge is 0.0967 e. The highest BCUT2D eigenvalue weighted by atomic mass is 35.5. The largest absolute Gasteiger partial charge is 0.109 e. The summed E-state index contributed by atoms with van der Waals surface area (Å²) in [6.07, 6.45) is 6.17. The van der Waals surface area contributed by atoms with Gasteiger partial charge < -0.3 is 0 Å². The third-order valence-electron chi connectivity index (χ3n) is 2.33. The summed E-state index contributed by atoms with van der Waals surface area (Å²) in [5.41, 5.74) is 2.90. The molecule has 0 nitrogen and oxygen atoms in total. The van der Waals surface area contributed by atoms with Crippen molar-refractivity contribution in [3.8, 4) is 0 Å². The summed E-state index contributed by atoms with van der Waals surface area (Å²) in [6.45, 7) is 8.33. The Kier molecular flexibility index (Phi) is 7.50. The van der Waals surface area contributed by atoms with Crippen LogP contribution in [0.4, 0.5) is 0 Å². The number of halogens is 2. The minimum absolute atomic E-state index is 0.194. The topological polar surface area (TPSA) is 0 Å². The van der Waals surface area contributed by atoms with E-state index in [2.05, 4.69) is 26.5 Å². The zero-order chi connectivity index (χ0) is 10.3. The molecule has 1 atom stereocenters. The van der Waals surface area contributed by atoms with Crippen LogP contribution in [0.15, 0.2) is 23.8 Å². The van der Waals surface area contributed by atoms with E-state index in [4.69, 9.17) is 23.2 Å². The Labute approximate surface area is 91.6 Å². The first-order chi connectivity index (χ1) is 6.11. The molecule has 0 radical (unpaired) electrons. The van der Waals surface area contributed by atoms with Crippen molar-refractivity contribution in [2.24, 2.45) is 5.92 Å². The molecule has 0 fully saturated rings. The van der Waals surface area contributed by atoms with E-state index in [1.165, 1.54) is 24.8 Å². The highest BCUT2D eigenvalue weighted by Gasteiger charge is 2.11. The van der Waals surface area contributed by atoms with Crippen LogP contribution in [-0.2, 0) is 0 Å². The molecule has 0 aromatic carbocycles. The number of alkyl halides is 2. The molecular formula is C11H18Cl2. The van der Waals surface area contributed by atoms with Crippen LogP contribution in [0.3, 0.4) is 0 Å². The molecule has 0 aliphatic heterocycles. The number of hydrogen-bond donors (Lipinski definition) is 0. The van der Waals surface area contributed by atoms with Gasteiger partial charge in [0.2, 0.25) is 0 Å². The van der Waals surface area contributed by atoms with Crippen LogP contribution in [0, 0.1) is 5.92 Å². The summed E-state index contributed by atoms with van der Waals surface area (Å²) in [4.78, 5) is 0. The monoisotopic (exact) mass is 220 g/mol. The first-order valence-corrected chi connectivity index (χ1v) is 5.61. The Morgan fingerprint density at radius 2 is 2.15 bits per heavy atom. The minimum Gasteiger partial charge on any atom is -0.109 e. The lowest BCUT2D eigenvalue weighted by atomic mass is 9.86. The number of rotatable bonds is 1. The van der Waals surface area contributed by atoms with Crippen molar-refractivity contribution in [3.05, 3.63) is 23.8 Å². The second-order valence-corrected chi connectivity index (χ2v) is 4.28. The van der Waals surface area contributed by atoms with Crippen molar-refractivity contribution in [2.75, 3.05) is 5.34 Å². The quantitative estimate of drug-likeness (QED) is 0.443. The SMILES string of the molecule is C=C(C)C1CC=C(C)CC1.ClCCl. The Morgan fingerprint density at radius 1 is 1.62 bits per heavy atom. The third-order valence-corrected chi connectivity index (χ3v) is 2.33. The van der Waals surface area contributed by atoms with Gasteiger partial charge in [-0.15, -0.1) is 23.2 Å². The molecule has 0 saturated heterocycles. The highest BCUT2D eigenvalue weighted by Crippen LogP contribution is 2.27. The van der Waals surface area contributed by atoms with E-state index < -0.39 is 0 Å². The van der Waals surface area contributed by atoms with Crippen LogP contribution in [0.25, 0.3) is 0 Å². The molecule has 0 saturated carbocycles. The molecule has 13 heavy (non-hydrogen) atoms. The van der Waals surface area contributed by atoms with Crippen LogP contribution in [0.2, 0.25) is 0 Å². The second kappa shape index (κ2) is 7.46. The predicted octanol–water partition coefficient (Wildman–Crippen LogP) is 4.73. The molecule has 1 aliphatic carbocycles. The molecule has 0 aromatic rings. The summed E-state index contributed by atoms with van der Waals surface area (Å²) in [7, 11) is 0. The lowest BCUT2D eigenvalue weighted by molar-refractivity contribution is 0.540. The maximum atomic E-state index is 4.76. The average molecular weight is 221 g/mol. The molecule has 1 unspecified atom stereocenters. The lowest BCUT2D eigenvalue weighted by Crippen LogP contribution is -2.04. The summed E-state index contributed by atoms with van der Waals surface area (Å²) in [5, 5.41) is 0.194. The van der Waals surface area contributed by atoms with Gasteiger partial charge in [0.05, 0.1) is 5.34 Å². The molecule has 2 heteroatoms. The lowest BCUT2D eigenvalue weighted by Gasteiger charge is -2.19. The van der Waals surface area contributed by atoms with Gasteiger partial charge in [-0.05, 0) is 39.0 Å². The van der Waals surface area contributed by atoms with Crippen molar-refractivity contribution in [2.45, 2.75) is 33.1 Å². The van der Waals surface area contributed by atoms with Crippen molar-refractivity contribution in [1.82, 2.24) is 0 Å². The number of hydrogen-bond acceptors (Lipinski definition) is 0. The van der Waals surface area contributed by atoms with Crippen LogP contribution in [-0.4, -0.2) is 5.34 Å². The van der Waals surface area contributed by atoms with E-state index >= 15 is 0 Å². The first kappa shape index (κ1) is 13.1. The predicted molar refractivity (Wildman–Crippen MR) is 62.5 cm³/mol. The Balaban J connectivity index is 0.000000424. The van der Waals surface area contributed by atoms with E-state index in [1.807, 2.05) is 0 Å². The van der Waals surface area contributed by atoms with Gasteiger partial charge in [-0.2, -0.15) is 0 Å². The number of allylic oxidation sites excluding steroid dienone is 3. The standard InChI is InChI=1S/C10H16.CH2Cl2/c1-8(2)10-6-4-9(3)5-7-10;2-1-3/h4,10H,1,5-7H2,2-3H3;1H2. The van der Waals surface area contributed by atoms with Crippen molar-refractivity contribution >= 4 is 23.2 Å². The van der Waals surface area contributed by atoms with Gasteiger partial charge in [-0.3, -0.25) is 0 Å². The van der Waals surface area contributed by atoms with E-state index in [0.717, 1.165) is 5.92 Å². The van der Waals surface area contributed by atoms with Crippen molar-refractivity contribution in [1.29, 1.82) is 0 Å². The van der Waals surface area contributed by atoms with Crippen molar-refractivity contribution < 1.29 is 0 Å². The molecular weight excluding hydrogens is 203 g/mol. The van der Waals surface area contributed by atoms with E-state index in [1.54, 1.807) is 5.57 Å². The van der Waals surface area contributed by atoms with Crippen LogP contribution >= 0.6 is 23.2 Å². The van der Waals surface area contributed by atoms with E-state index in [-0.39, 0.29) is 5.34 Å². The van der Waals surface area contributed by atoms with Gasteiger partial charge >= 0.3 is 0 Å². The second-order valence-electron chi connectivity index (χ2n) is 3.47. The summed E-state index contributed by atoms with van der Waals surface area (Å²) < 4.78 is 0. The fraction of sp³-hybridized carbons (Fsp3) is 0.636. The fourth-order valence-electron chi connectivity index (χ4n) is 1.41. The normalized spacial score (nSPS) is 21.2. The maximum absolute atomic E-state index is 4.76. The Hall–Kier alpha value is 0.0600. The van der Waals surface area contributed by atoms with Gasteiger partial charge in [-0.25, -0.2) is 0 Å². The van der Waals surface area contributed by atoms with E-state index in [0.29, 0.717) is 0 Å². The van der Waals surface area contributed by atoms with E-state index in [9.17, 15) is 0 Å². The summed E-state index contributed by atoms with van der Waals surface area (Å²) in [6, 6.07) is 0. The average Bonchev–Trinajstić information content (AvgIpc) is 2.06. The zero-order valence-electron chi connectivity index (χ0n) is 8.45. The van der Waals surface area contributed by atoms with Crippen LogP contribution < -0.4 is 0 Å². The molecule has 0 aromatic heterocycles. The van der Waals surface area contributed by atoms with Gasteiger partial charge in [0, 0.05) is 0 Å². The fourth-order valence-corrected chi connectivity index (χ4v) is 1.41. The molecule has 0 heterocycles. The molecule has 0 amide bonds.